The van der Waals surface area contributed by atoms with Gasteiger partial charge in [0.25, 0.3) is 0 Å². The van der Waals surface area contributed by atoms with Crippen molar-refractivity contribution >= 4 is 27.3 Å². The Morgan fingerprint density at radius 2 is 2.47 bits per heavy atom. The molecule has 0 aliphatic heterocycles. The SMILES string of the molecule is COCCNCC(O)Cc1cc(Br)cs1. The number of ether oxygens (including phenoxy) is 1. The Labute approximate surface area is 103 Å². The van der Waals surface area contributed by atoms with Crippen LogP contribution in [-0.4, -0.2) is 38.0 Å². The highest BCUT2D eigenvalue weighted by Gasteiger charge is 2.06. The van der Waals surface area contributed by atoms with Gasteiger partial charge in [0.15, 0.2) is 0 Å². The van der Waals surface area contributed by atoms with Crippen LogP contribution in [0.5, 0.6) is 0 Å². The van der Waals surface area contributed by atoms with Gasteiger partial charge in [0.1, 0.15) is 0 Å². The quantitative estimate of drug-likeness (QED) is 0.751. The predicted molar refractivity (Wildman–Crippen MR) is 66.5 cm³/mol. The lowest BCUT2D eigenvalue weighted by molar-refractivity contribution is 0.160. The second-order valence-electron chi connectivity index (χ2n) is 3.29. The molecule has 0 aliphatic carbocycles. The van der Waals surface area contributed by atoms with Crippen molar-refractivity contribution < 1.29 is 9.84 Å². The van der Waals surface area contributed by atoms with Gasteiger partial charge in [-0.1, -0.05) is 0 Å². The average Bonchev–Trinajstić information content (AvgIpc) is 2.59. The fraction of sp³-hybridized carbons (Fsp3) is 0.600. The molecule has 0 aliphatic rings. The van der Waals surface area contributed by atoms with E-state index >= 15 is 0 Å². The zero-order valence-electron chi connectivity index (χ0n) is 8.70. The van der Waals surface area contributed by atoms with Crippen LogP contribution in [0, 0.1) is 0 Å². The van der Waals surface area contributed by atoms with Gasteiger partial charge < -0.3 is 15.2 Å². The normalized spacial score (nSPS) is 13.0. The lowest BCUT2D eigenvalue weighted by Crippen LogP contribution is -2.30. The fourth-order valence-electron chi connectivity index (χ4n) is 1.21. The number of halogens is 1. The van der Waals surface area contributed by atoms with E-state index in [0.717, 1.165) is 11.0 Å². The number of hydrogen-bond donors (Lipinski definition) is 2. The molecule has 1 aromatic heterocycles. The molecule has 15 heavy (non-hydrogen) atoms. The van der Waals surface area contributed by atoms with Crippen LogP contribution in [0.2, 0.25) is 0 Å². The molecule has 1 heterocycles. The maximum absolute atomic E-state index is 9.70. The molecule has 0 fully saturated rings. The Kier molecular flexibility index (Phi) is 6.43. The zero-order chi connectivity index (χ0) is 11.1. The van der Waals surface area contributed by atoms with Crippen molar-refractivity contribution in [2.45, 2.75) is 12.5 Å². The van der Waals surface area contributed by atoms with Crippen LogP contribution < -0.4 is 5.32 Å². The largest absolute Gasteiger partial charge is 0.391 e. The smallest absolute Gasteiger partial charge is 0.0712 e. The van der Waals surface area contributed by atoms with Gasteiger partial charge in [0.05, 0.1) is 12.7 Å². The van der Waals surface area contributed by atoms with Crippen LogP contribution in [0.4, 0.5) is 0 Å². The van der Waals surface area contributed by atoms with Gasteiger partial charge in [0.2, 0.25) is 0 Å². The molecule has 2 N–H and O–H groups in total. The van der Waals surface area contributed by atoms with Crippen LogP contribution in [-0.2, 0) is 11.2 Å². The third-order valence-electron chi connectivity index (χ3n) is 1.92. The summed E-state index contributed by atoms with van der Waals surface area (Å²) in [6.45, 7) is 2.07. The molecule has 1 unspecified atom stereocenters. The van der Waals surface area contributed by atoms with Crippen LogP contribution >= 0.6 is 27.3 Å². The van der Waals surface area contributed by atoms with Crippen molar-refractivity contribution in [2.24, 2.45) is 0 Å². The summed E-state index contributed by atoms with van der Waals surface area (Å²) < 4.78 is 5.98. The summed E-state index contributed by atoms with van der Waals surface area (Å²) in [4.78, 5) is 1.20. The molecule has 0 spiro atoms. The van der Waals surface area contributed by atoms with E-state index in [2.05, 4.69) is 21.2 Å². The third kappa shape index (κ3) is 5.63. The van der Waals surface area contributed by atoms with Crippen LogP contribution in [0.15, 0.2) is 15.9 Å². The van der Waals surface area contributed by atoms with Crippen molar-refractivity contribution in [1.29, 1.82) is 0 Å². The molecule has 3 nitrogen and oxygen atoms in total. The van der Waals surface area contributed by atoms with E-state index in [-0.39, 0.29) is 6.10 Å². The average molecular weight is 294 g/mol. The molecule has 1 rings (SSSR count). The highest BCUT2D eigenvalue weighted by molar-refractivity contribution is 9.10. The number of methoxy groups -OCH3 is 1. The Morgan fingerprint density at radius 3 is 3.07 bits per heavy atom. The predicted octanol–water partition coefficient (Wildman–Crippen LogP) is 1.65. The Balaban J connectivity index is 2.15. The number of thiophene rings is 1. The van der Waals surface area contributed by atoms with Gasteiger partial charge >= 0.3 is 0 Å². The molecule has 0 bridgehead atoms. The van der Waals surface area contributed by atoms with Crippen molar-refractivity contribution in [2.75, 3.05) is 26.8 Å². The first-order valence-electron chi connectivity index (χ1n) is 4.83. The topological polar surface area (TPSA) is 41.5 Å². The number of aliphatic hydroxyl groups excluding tert-OH is 1. The van der Waals surface area contributed by atoms with Crippen molar-refractivity contribution in [1.82, 2.24) is 5.32 Å². The third-order valence-corrected chi connectivity index (χ3v) is 3.64. The highest BCUT2D eigenvalue weighted by atomic mass is 79.9. The van der Waals surface area contributed by atoms with E-state index in [1.807, 2.05) is 11.4 Å². The first-order chi connectivity index (χ1) is 7.22. The first kappa shape index (κ1) is 13.1. The molecule has 5 heteroatoms. The number of aliphatic hydroxyl groups is 1. The second kappa shape index (κ2) is 7.35. The van der Waals surface area contributed by atoms with Gasteiger partial charge in [-0.05, 0) is 22.0 Å². The van der Waals surface area contributed by atoms with E-state index in [9.17, 15) is 5.11 Å². The van der Waals surface area contributed by atoms with E-state index in [4.69, 9.17) is 4.74 Å². The molecular formula is C10H16BrNO2S. The lowest BCUT2D eigenvalue weighted by Gasteiger charge is -2.10. The summed E-state index contributed by atoms with van der Waals surface area (Å²) in [7, 11) is 1.67. The van der Waals surface area contributed by atoms with Crippen molar-refractivity contribution in [3.8, 4) is 0 Å². The summed E-state index contributed by atoms with van der Waals surface area (Å²) in [5.41, 5.74) is 0. The molecule has 86 valence electrons. The molecule has 1 atom stereocenters. The second-order valence-corrected chi connectivity index (χ2v) is 5.20. The highest BCUT2D eigenvalue weighted by Crippen LogP contribution is 2.20. The summed E-state index contributed by atoms with van der Waals surface area (Å²) in [5.74, 6) is 0. The zero-order valence-corrected chi connectivity index (χ0v) is 11.1. The minimum absolute atomic E-state index is 0.326. The number of rotatable bonds is 7. The van der Waals surface area contributed by atoms with E-state index in [1.54, 1.807) is 18.4 Å². The summed E-state index contributed by atoms with van der Waals surface area (Å²) in [6, 6.07) is 2.04. The van der Waals surface area contributed by atoms with E-state index < -0.39 is 0 Å². The summed E-state index contributed by atoms with van der Waals surface area (Å²) >= 11 is 5.05. The maximum Gasteiger partial charge on any atom is 0.0712 e. The van der Waals surface area contributed by atoms with Crippen LogP contribution in [0.25, 0.3) is 0 Å². The van der Waals surface area contributed by atoms with Gasteiger partial charge in [-0.3, -0.25) is 0 Å². The fourth-order valence-corrected chi connectivity index (χ4v) is 2.73. The maximum atomic E-state index is 9.70. The lowest BCUT2D eigenvalue weighted by atomic mass is 10.2. The Morgan fingerprint density at radius 1 is 1.67 bits per heavy atom. The standard InChI is InChI=1S/C10H16BrNO2S/c1-14-3-2-12-6-9(13)5-10-4-8(11)7-15-10/h4,7,9,12-13H,2-3,5-6H2,1H3. The number of hydrogen-bond acceptors (Lipinski definition) is 4. The molecular weight excluding hydrogens is 278 g/mol. The minimum atomic E-state index is -0.326. The van der Waals surface area contributed by atoms with Gasteiger partial charge in [-0.15, -0.1) is 11.3 Å². The van der Waals surface area contributed by atoms with Gasteiger partial charge in [-0.25, -0.2) is 0 Å². The first-order valence-corrected chi connectivity index (χ1v) is 6.50. The summed E-state index contributed by atoms with van der Waals surface area (Å²) in [6.07, 6.45) is 0.378. The summed E-state index contributed by atoms with van der Waals surface area (Å²) in [5, 5.41) is 14.9. The molecule has 0 saturated carbocycles. The Hall–Kier alpha value is 0.0600. The van der Waals surface area contributed by atoms with Crippen molar-refractivity contribution in [3.05, 3.63) is 20.8 Å². The minimum Gasteiger partial charge on any atom is -0.391 e. The number of nitrogens with one attached hydrogen (secondary N) is 1. The van der Waals surface area contributed by atoms with E-state index in [1.165, 1.54) is 4.88 Å². The molecule has 0 saturated heterocycles. The van der Waals surface area contributed by atoms with Gasteiger partial charge in [0, 0.05) is 41.4 Å². The van der Waals surface area contributed by atoms with Gasteiger partial charge in [-0.2, -0.15) is 0 Å². The van der Waals surface area contributed by atoms with Crippen LogP contribution in [0.1, 0.15) is 4.88 Å². The van der Waals surface area contributed by atoms with Crippen molar-refractivity contribution in [3.63, 3.8) is 0 Å². The molecule has 0 radical (unpaired) electrons. The monoisotopic (exact) mass is 293 g/mol. The molecule has 0 aromatic carbocycles. The molecule has 1 aromatic rings. The molecule has 0 amide bonds. The van der Waals surface area contributed by atoms with E-state index in [0.29, 0.717) is 19.6 Å². The Bertz CT molecular complexity index is 280. The van der Waals surface area contributed by atoms with Crippen LogP contribution in [0.3, 0.4) is 0 Å².